The fraction of sp³-hybridized carbons (Fsp3) is 0.312. The lowest BCUT2D eigenvalue weighted by atomic mass is 10.3. The molecule has 0 aliphatic carbocycles. The number of hydrogen-bond donors (Lipinski definition) is 1. The molecule has 0 saturated heterocycles. The summed E-state index contributed by atoms with van der Waals surface area (Å²) in [5, 5.41) is 2.11. The molecular formula is C16H19N3OS. The van der Waals surface area contributed by atoms with Crippen LogP contribution in [0.1, 0.15) is 24.6 Å². The molecule has 0 radical (unpaired) electrons. The quantitative estimate of drug-likeness (QED) is 0.727. The summed E-state index contributed by atoms with van der Waals surface area (Å²) in [4.78, 5) is 8.24. The van der Waals surface area contributed by atoms with Crippen LogP contribution < -0.4 is 5.73 Å². The zero-order chi connectivity index (χ0) is 14.8. The number of fused-ring (bicyclic) bond motifs is 1. The van der Waals surface area contributed by atoms with Crippen LogP contribution in [-0.4, -0.2) is 15.9 Å². The molecule has 1 aromatic carbocycles. The van der Waals surface area contributed by atoms with Crippen LogP contribution in [0.15, 0.2) is 40.1 Å². The van der Waals surface area contributed by atoms with Crippen molar-refractivity contribution in [3.8, 4) is 0 Å². The SMILES string of the molecule is CC(C)N(Cc1nc2ccc(N)cc2o1)Cc1cccs1. The number of hydrogen-bond acceptors (Lipinski definition) is 5. The van der Waals surface area contributed by atoms with Crippen LogP contribution in [0.2, 0.25) is 0 Å². The highest BCUT2D eigenvalue weighted by atomic mass is 32.1. The highest BCUT2D eigenvalue weighted by Gasteiger charge is 2.15. The number of benzene rings is 1. The lowest BCUT2D eigenvalue weighted by Gasteiger charge is -2.24. The van der Waals surface area contributed by atoms with Gasteiger partial charge in [-0.1, -0.05) is 6.07 Å². The average Bonchev–Trinajstić information content (AvgIpc) is 3.06. The predicted molar refractivity (Wildman–Crippen MR) is 87.1 cm³/mol. The first-order valence-electron chi connectivity index (χ1n) is 7.03. The van der Waals surface area contributed by atoms with E-state index in [1.807, 2.05) is 18.2 Å². The maximum absolute atomic E-state index is 5.82. The second kappa shape index (κ2) is 5.87. The van der Waals surface area contributed by atoms with Gasteiger partial charge in [0.1, 0.15) is 5.52 Å². The number of rotatable bonds is 5. The van der Waals surface area contributed by atoms with E-state index in [4.69, 9.17) is 10.2 Å². The topological polar surface area (TPSA) is 55.3 Å². The highest BCUT2D eigenvalue weighted by molar-refractivity contribution is 7.09. The van der Waals surface area contributed by atoms with E-state index < -0.39 is 0 Å². The Kier molecular flexibility index (Phi) is 3.94. The first-order chi connectivity index (χ1) is 10.1. The normalized spacial score (nSPS) is 11.8. The Morgan fingerprint density at radius 2 is 2.14 bits per heavy atom. The van der Waals surface area contributed by atoms with E-state index in [1.165, 1.54) is 4.88 Å². The van der Waals surface area contributed by atoms with Crippen molar-refractivity contribution in [3.63, 3.8) is 0 Å². The molecule has 0 spiro atoms. The largest absolute Gasteiger partial charge is 0.439 e. The predicted octanol–water partition coefficient (Wildman–Crippen LogP) is 3.88. The fourth-order valence-corrected chi connectivity index (χ4v) is 2.98. The summed E-state index contributed by atoms with van der Waals surface area (Å²) in [6.07, 6.45) is 0. The van der Waals surface area contributed by atoms with Gasteiger partial charge in [0.05, 0.1) is 6.54 Å². The first-order valence-corrected chi connectivity index (χ1v) is 7.91. The Bertz CT molecular complexity index is 718. The highest BCUT2D eigenvalue weighted by Crippen LogP contribution is 2.21. The smallest absolute Gasteiger partial charge is 0.209 e. The van der Waals surface area contributed by atoms with Crippen LogP contribution in [0, 0.1) is 0 Å². The van der Waals surface area contributed by atoms with Gasteiger partial charge in [-0.15, -0.1) is 11.3 Å². The molecule has 2 N–H and O–H groups in total. The lowest BCUT2D eigenvalue weighted by molar-refractivity contribution is 0.187. The third-order valence-electron chi connectivity index (χ3n) is 3.46. The summed E-state index contributed by atoms with van der Waals surface area (Å²) >= 11 is 1.78. The van der Waals surface area contributed by atoms with E-state index in [-0.39, 0.29) is 0 Å². The van der Waals surface area contributed by atoms with Crippen LogP contribution >= 0.6 is 11.3 Å². The molecule has 0 saturated carbocycles. The molecule has 4 nitrogen and oxygen atoms in total. The summed E-state index contributed by atoms with van der Waals surface area (Å²) in [5.41, 5.74) is 8.09. The number of nitrogens with two attached hydrogens (primary N) is 1. The molecule has 0 bridgehead atoms. The summed E-state index contributed by atoms with van der Waals surface area (Å²) < 4.78 is 5.82. The summed E-state index contributed by atoms with van der Waals surface area (Å²) in [5.74, 6) is 0.737. The molecule has 3 rings (SSSR count). The molecule has 0 fully saturated rings. The molecule has 0 amide bonds. The van der Waals surface area contributed by atoms with Gasteiger partial charge >= 0.3 is 0 Å². The van der Waals surface area contributed by atoms with Gasteiger partial charge in [-0.3, -0.25) is 4.90 Å². The minimum Gasteiger partial charge on any atom is -0.439 e. The van der Waals surface area contributed by atoms with Crippen molar-refractivity contribution >= 4 is 28.1 Å². The molecule has 0 unspecified atom stereocenters. The van der Waals surface area contributed by atoms with Crippen molar-refractivity contribution in [3.05, 3.63) is 46.5 Å². The molecule has 3 aromatic rings. The lowest BCUT2D eigenvalue weighted by Crippen LogP contribution is -2.29. The minimum absolute atomic E-state index is 0.423. The Morgan fingerprint density at radius 3 is 2.86 bits per heavy atom. The fourth-order valence-electron chi connectivity index (χ4n) is 2.25. The van der Waals surface area contributed by atoms with E-state index in [1.54, 1.807) is 11.3 Å². The van der Waals surface area contributed by atoms with E-state index in [0.29, 0.717) is 18.3 Å². The van der Waals surface area contributed by atoms with Crippen molar-refractivity contribution < 1.29 is 4.42 Å². The molecule has 5 heteroatoms. The van der Waals surface area contributed by atoms with E-state index >= 15 is 0 Å². The molecule has 2 heterocycles. The molecular weight excluding hydrogens is 282 g/mol. The van der Waals surface area contributed by atoms with Gasteiger partial charge in [0, 0.05) is 29.2 Å². The molecule has 2 aromatic heterocycles. The Balaban J connectivity index is 1.80. The van der Waals surface area contributed by atoms with E-state index in [0.717, 1.165) is 23.5 Å². The van der Waals surface area contributed by atoms with Crippen LogP contribution in [0.25, 0.3) is 11.1 Å². The second-order valence-electron chi connectivity index (χ2n) is 5.41. The molecule has 0 aliphatic heterocycles. The standard InChI is InChI=1S/C16H19N3OS/c1-11(2)19(9-13-4-3-7-21-13)10-16-18-14-6-5-12(17)8-15(14)20-16/h3-8,11H,9-10,17H2,1-2H3. The van der Waals surface area contributed by atoms with Crippen LogP contribution in [0.5, 0.6) is 0 Å². The minimum atomic E-state index is 0.423. The van der Waals surface area contributed by atoms with Gasteiger partial charge < -0.3 is 10.2 Å². The van der Waals surface area contributed by atoms with Crippen molar-refractivity contribution in [2.75, 3.05) is 5.73 Å². The van der Waals surface area contributed by atoms with E-state index in [9.17, 15) is 0 Å². The van der Waals surface area contributed by atoms with Crippen molar-refractivity contribution in [1.82, 2.24) is 9.88 Å². The number of nitrogen functional groups attached to an aromatic ring is 1. The van der Waals surface area contributed by atoms with Crippen molar-refractivity contribution in [1.29, 1.82) is 0 Å². The zero-order valence-electron chi connectivity index (χ0n) is 12.2. The Hall–Kier alpha value is -1.85. The van der Waals surface area contributed by atoms with Gasteiger partial charge in [-0.05, 0) is 37.4 Å². The van der Waals surface area contributed by atoms with Crippen LogP contribution in [0.4, 0.5) is 5.69 Å². The first kappa shape index (κ1) is 14.1. The second-order valence-corrected chi connectivity index (χ2v) is 6.45. The maximum Gasteiger partial charge on any atom is 0.209 e. The summed E-state index contributed by atoms with van der Waals surface area (Å²) in [6, 6.07) is 10.2. The van der Waals surface area contributed by atoms with Gasteiger partial charge in [0.2, 0.25) is 5.89 Å². The molecule has 0 aliphatic rings. The van der Waals surface area contributed by atoms with Crippen molar-refractivity contribution in [2.45, 2.75) is 33.0 Å². The monoisotopic (exact) mass is 301 g/mol. The maximum atomic E-state index is 5.82. The summed E-state index contributed by atoms with van der Waals surface area (Å²) in [7, 11) is 0. The van der Waals surface area contributed by atoms with E-state index in [2.05, 4.69) is 41.2 Å². The third kappa shape index (κ3) is 3.25. The molecule has 110 valence electrons. The van der Waals surface area contributed by atoms with Crippen molar-refractivity contribution in [2.24, 2.45) is 0 Å². The zero-order valence-corrected chi connectivity index (χ0v) is 13.1. The number of nitrogens with zero attached hydrogens (tertiary/aromatic N) is 2. The molecule has 0 atom stereocenters. The van der Waals surface area contributed by atoms with Gasteiger partial charge in [0.15, 0.2) is 5.58 Å². The third-order valence-corrected chi connectivity index (χ3v) is 4.33. The number of aromatic nitrogens is 1. The Labute approximate surface area is 128 Å². The average molecular weight is 301 g/mol. The number of oxazole rings is 1. The van der Waals surface area contributed by atoms with Gasteiger partial charge in [0.25, 0.3) is 0 Å². The number of thiophene rings is 1. The van der Waals surface area contributed by atoms with Crippen LogP contribution in [-0.2, 0) is 13.1 Å². The Morgan fingerprint density at radius 1 is 1.29 bits per heavy atom. The van der Waals surface area contributed by atoms with Crippen LogP contribution in [0.3, 0.4) is 0 Å². The number of anilines is 1. The van der Waals surface area contributed by atoms with Gasteiger partial charge in [-0.2, -0.15) is 0 Å². The van der Waals surface area contributed by atoms with Gasteiger partial charge in [-0.25, -0.2) is 4.98 Å². The molecule has 21 heavy (non-hydrogen) atoms. The summed E-state index contributed by atoms with van der Waals surface area (Å²) in [6.45, 7) is 5.99.